The van der Waals surface area contributed by atoms with Gasteiger partial charge in [-0.05, 0) is 41.9 Å². The SMILES string of the molecule is CCN(CC)Cc1cccc(CNC(=NC)NCc2cc(OC)c(OC)c(OC)c2)c1.I. The molecule has 0 saturated carbocycles. The fourth-order valence-electron chi connectivity index (χ4n) is 3.37. The number of ether oxygens (including phenoxy) is 3. The van der Waals surface area contributed by atoms with Gasteiger partial charge in [0, 0.05) is 26.7 Å². The molecule has 178 valence electrons. The minimum atomic E-state index is 0. The van der Waals surface area contributed by atoms with Crippen molar-refractivity contribution in [1.29, 1.82) is 0 Å². The molecular formula is C24H37IN4O3. The molecule has 0 radical (unpaired) electrons. The summed E-state index contributed by atoms with van der Waals surface area (Å²) in [4.78, 5) is 6.74. The second kappa shape index (κ2) is 14.8. The zero-order chi connectivity index (χ0) is 22.6. The summed E-state index contributed by atoms with van der Waals surface area (Å²) in [6.45, 7) is 8.72. The fraction of sp³-hybridized carbons (Fsp3) is 0.458. The molecule has 2 aromatic rings. The lowest BCUT2D eigenvalue weighted by atomic mass is 10.1. The Morgan fingerprint density at radius 3 is 1.91 bits per heavy atom. The molecule has 2 aromatic carbocycles. The number of halogens is 1. The van der Waals surface area contributed by atoms with Crippen LogP contribution in [0, 0.1) is 0 Å². The summed E-state index contributed by atoms with van der Waals surface area (Å²) in [5.74, 6) is 2.57. The lowest BCUT2D eigenvalue weighted by molar-refractivity contribution is 0.296. The number of aliphatic imine (C=N–C) groups is 1. The zero-order valence-corrected chi connectivity index (χ0v) is 22.4. The molecule has 0 saturated heterocycles. The van der Waals surface area contributed by atoms with Crippen LogP contribution < -0.4 is 24.8 Å². The van der Waals surface area contributed by atoms with Crippen LogP contribution in [-0.2, 0) is 19.6 Å². The van der Waals surface area contributed by atoms with E-state index in [-0.39, 0.29) is 24.0 Å². The molecule has 7 nitrogen and oxygen atoms in total. The maximum atomic E-state index is 5.43. The Labute approximate surface area is 209 Å². The quantitative estimate of drug-likeness (QED) is 0.248. The van der Waals surface area contributed by atoms with Crippen molar-refractivity contribution in [1.82, 2.24) is 15.5 Å². The average molecular weight is 556 g/mol. The van der Waals surface area contributed by atoms with Crippen LogP contribution in [0.3, 0.4) is 0 Å². The highest BCUT2D eigenvalue weighted by Crippen LogP contribution is 2.38. The third-order valence-electron chi connectivity index (χ3n) is 5.16. The summed E-state index contributed by atoms with van der Waals surface area (Å²) in [6.07, 6.45) is 0. The van der Waals surface area contributed by atoms with Crippen molar-refractivity contribution < 1.29 is 14.2 Å². The van der Waals surface area contributed by atoms with E-state index in [4.69, 9.17) is 14.2 Å². The Hall–Kier alpha value is -2.20. The molecule has 0 amide bonds. The van der Waals surface area contributed by atoms with Crippen LogP contribution in [0.5, 0.6) is 17.2 Å². The second-order valence-corrected chi connectivity index (χ2v) is 7.09. The van der Waals surface area contributed by atoms with Crippen LogP contribution >= 0.6 is 24.0 Å². The molecule has 0 bridgehead atoms. The number of hydrogen-bond acceptors (Lipinski definition) is 5. The van der Waals surface area contributed by atoms with Crippen LogP contribution in [0.25, 0.3) is 0 Å². The lowest BCUT2D eigenvalue weighted by Gasteiger charge is -2.18. The summed E-state index contributed by atoms with van der Waals surface area (Å²) < 4.78 is 16.2. The Balaban J connectivity index is 0.00000512. The number of methoxy groups -OCH3 is 3. The smallest absolute Gasteiger partial charge is 0.203 e. The first kappa shape index (κ1) is 27.8. The first-order chi connectivity index (χ1) is 15.1. The van der Waals surface area contributed by atoms with Gasteiger partial charge >= 0.3 is 0 Å². The molecule has 0 aliphatic heterocycles. The van der Waals surface area contributed by atoms with E-state index in [1.54, 1.807) is 28.4 Å². The van der Waals surface area contributed by atoms with Gasteiger partial charge in [0.1, 0.15) is 0 Å². The van der Waals surface area contributed by atoms with Gasteiger partial charge in [0.2, 0.25) is 5.75 Å². The highest BCUT2D eigenvalue weighted by molar-refractivity contribution is 14.0. The average Bonchev–Trinajstić information content (AvgIpc) is 2.82. The predicted molar refractivity (Wildman–Crippen MR) is 142 cm³/mol. The maximum absolute atomic E-state index is 5.43. The van der Waals surface area contributed by atoms with Gasteiger partial charge in [-0.1, -0.05) is 38.1 Å². The van der Waals surface area contributed by atoms with Crippen molar-refractivity contribution in [2.24, 2.45) is 4.99 Å². The number of guanidine groups is 1. The van der Waals surface area contributed by atoms with E-state index >= 15 is 0 Å². The molecule has 2 N–H and O–H groups in total. The van der Waals surface area contributed by atoms with Crippen LogP contribution in [-0.4, -0.2) is 52.3 Å². The van der Waals surface area contributed by atoms with Crippen molar-refractivity contribution in [3.63, 3.8) is 0 Å². The summed E-state index contributed by atoms with van der Waals surface area (Å²) in [7, 11) is 6.59. The summed E-state index contributed by atoms with van der Waals surface area (Å²) in [5.41, 5.74) is 3.54. The van der Waals surface area contributed by atoms with Crippen molar-refractivity contribution >= 4 is 29.9 Å². The highest BCUT2D eigenvalue weighted by atomic mass is 127. The van der Waals surface area contributed by atoms with Gasteiger partial charge in [-0.3, -0.25) is 9.89 Å². The summed E-state index contributed by atoms with van der Waals surface area (Å²) in [6, 6.07) is 12.5. The topological polar surface area (TPSA) is 67.4 Å². The van der Waals surface area contributed by atoms with Gasteiger partial charge in [0.25, 0.3) is 0 Å². The van der Waals surface area contributed by atoms with E-state index in [0.717, 1.165) is 31.2 Å². The van der Waals surface area contributed by atoms with E-state index in [1.165, 1.54) is 11.1 Å². The third kappa shape index (κ3) is 8.05. The van der Waals surface area contributed by atoms with Crippen LogP contribution in [0.1, 0.15) is 30.5 Å². The molecule has 2 rings (SSSR count). The second-order valence-electron chi connectivity index (χ2n) is 7.09. The van der Waals surface area contributed by atoms with E-state index in [1.807, 2.05) is 12.1 Å². The maximum Gasteiger partial charge on any atom is 0.203 e. The summed E-state index contributed by atoms with van der Waals surface area (Å²) >= 11 is 0. The first-order valence-corrected chi connectivity index (χ1v) is 10.6. The van der Waals surface area contributed by atoms with Gasteiger partial charge in [0.05, 0.1) is 21.3 Å². The number of nitrogens with zero attached hydrogens (tertiary/aromatic N) is 2. The molecule has 0 fully saturated rings. The number of benzene rings is 2. The first-order valence-electron chi connectivity index (χ1n) is 10.6. The molecule has 32 heavy (non-hydrogen) atoms. The predicted octanol–water partition coefficient (Wildman–Crippen LogP) is 4.04. The minimum absolute atomic E-state index is 0. The molecule has 0 atom stereocenters. The Kier molecular flexibility index (Phi) is 12.9. The largest absolute Gasteiger partial charge is 0.493 e. The zero-order valence-electron chi connectivity index (χ0n) is 20.0. The van der Waals surface area contributed by atoms with Gasteiger partial charge in [-0.15, -0.1) is 24.0 Å². The fourth-order valence-corrected chi connectivity index (χ4v) is 3.37. The normalized spacial score (nSPS) is 11.0. The van der Waals surface area contributed by atoms with Crippen LogP contribution in [0.2, 0.25) is 0 Å². The summed E-state index contributed by atoms with van der Waals surface area (Å²) in [5, 5.41) is 6.72. The number of rotatable bonds is 11. The van der Waals surface area contributed by atoms with E-state index in [0.29, 0.717) is 30.3 Å². The number of nitrogens with one attached hydrogen (secondary N) is 2. The standard InChI is InChI=1S/C24H36N4O3.HI/c1-7-28(8-2)17-19-11-9-10-18(12-19)15-26-24(25-3)27-16-20-13-21(29-4)23(31-6)22(14-20)30-5;/h9-14H,7-8,15-17H2,1-6H3,(H2,25,26,27);1H. The molecule has 8 heteroatoms. The molecule has 0 aliphatic carbocycles. The molecule has 0 heterocycles. The van der Waals surface area contributed by atoms with Crippen LogP contribution in [0.4, 0.5) is 0 Å². The molecule has 0 aliphatic rings. The Morgan fingerprint density at radius 2 is 1.41 bits per heavy atom. The van der Waals surface area contributed by atoms with Gasteiger partial charge in [0.15, 0.2) is 17.5 Å². The van der Waals surface area contributed by atoms with E-state index in [2.05, 4.69) is 58.6 Å². The minimum Gasteiger partial charge on any atom is -0.493 e. The Bertz CT molecular complexity index is 832. The monoisotopic (exact) mass is 556 g/mol. The van der Waals surface area contributed by atoms with Crippen molar-refractivity contribution in [2.45, 2.75) is 33.5 Å². The third-order valence-corrected chi connectivity index (χ3v) is 5.16. The number of hydrogen-bond donors (Lipinski definition) is 2. The van der Waals surface area contributed by atoms with Crippen molar-refractivity contribution in [2.75, 3.05) is 41.5 Å². The molecule has 0 aromatic heterocycles. The highest BCUT2D eigenvalue weighted by Gasteiger charge is 2.13. The van der Waals surface area contributed by atoms with Crippen molar-refractivity contribution in [3.05, 3.63) is 53.1 Å². The molecule has 0 unspecified atom stereocenters. The Morgan fingerprint density at radius 1 is 0.844 bits per heavy atom. The van der Waals surface area contributed by atoms with Gasteiger partial charge in [-0.25, -0.2) is 0 Å². The molecule has 0 spiro atoms. The van der Waals surface area contributed by atoms with E-state index < -0.39 is 0 Å². The van der Waals surface area contributed by atoms with Gasteiger partial charge < -0.3 is 24.8 Å². The van der Waals surface area contributed by atoms with E-state index in [9.17, 15) is 0 Å². The van der Waals surface area contributed by atoms with Gasteiger partial charge in [-0.2, -0.15) is 0 Å². The van der Waals surface area contributed by atoms with Crippen LogP contribution in [0.15, 0.2) is 41.4 Å². The lowest BCUT2D eigenvalue weighted by Crippen LogP contribution is -2.36. The van der Waals surface area contributed by atoms with Crippen molar-refractivity contribution in [3.8, 4) is 17.2 Å². The molecular weight excluding hydrogens is 519 g/mol.